The van der Waals surface area contributed by atoms with E-state index in [9.17, 15) is 9.59 Å². The van der Waals surface area contributed by atoms with Gasteiger partial charge in [-0.2, -0.15) is 0 Å². The largest absolute Gasteiger partial charge is 0.481 e. The van der Waals surface area contributed by atoms with Crippen molar-refractivity contribution in [1.82, 2.24) is 4.90 Å². The maximum atomic E-state index is 12.1. The van der Waals surface area contributed by atoms with Crippen molar-refractivity contribution in [3.8, 4) is 0 Å². The van der Waals surface area contributed by atoms with Gasteiger partial charge in [0.15, 0.2) is 0 Å². The second-order valence-corrected chi connectivity index (χ2v) is 5.20. The summed E-state index contributed by atoms with van der Waals surface area (Å²) in [6.45, 7) is 4.00. The van der Waals surface area contributed by atoms with Crippen LogP contribution in [0.3, 0.4) is 0 Å². The Balaban J connectivity index is 1.73. The normalized spacial score (nSPS) is 28.2. The third-order valence-electron chi connectivity index (χ3n) is 3.82. The molecule has 0 aromatic carbocycles. The first-order chi connectivity index (χ1) is 8.61. The minimum Gasteiger partial charge on any atom is -0.481 e. The summed E-state index contributed by atoms with van der Waals surface area (Å²) in [6.07, 6.45) is 2.82. The van der Waals surface area contributed by atoms with Crippen molar-refractivity contribution in [2.24, 2.45) is 11.8 Å². The number of aliphatic carboxylic acids is 1. The number of piperidine rings is 1. The lowest BCUT2D eigenvalue weighted by Gasteiger charge is -2.31. The molecule has 0 aromatic heterocycles. The fourth-order valence-corrected chi connectivity index (χ4v) is 2.67. The lowest BCUT2D eigenvalue weighted by Crippen LogP contribution is -2.40. The van der Waals surface area contributed by atoms with Gasteiger partial charge in [-0.15, -0.1) is 0 Å². The fraction of sp³-hybridized carbons (Fsp3) is 0.846. The van der Waals surface area contributed by atoms with E-state index >= 15 is 0 Å². The topological polar surface area (TPSA) is 66.8 Å². The van der Waals surface area contributed by atoms with Gasteiger partial charge in [-0.1, -0.05) is 0 Å². The Hall–Kier alpha value is -1.10. The van der Waals surface area contributed by atoms with Gasteiger partial charge >= 0.3 is 5.97 Å². The first-order valence-corrected chi connectivity index (χ1v) is 6.74. The number of carbonyl (C=O) groups is 2. The lowest BCUT2D eigenvalue weighted by atomic mass is 9.93. The molecular formula is C13H21NO4. The zero-order valence-corrected chi connectivity index (χ0v) is 10.8. The van der Waals surface area contributed by atoms with Gasteiger partial charge in [-0.05, 0) is 32.1 Å². The van der Waals surface area contributed by atoms with E-state index in [-0.39, 0.29) is 30.3 Å². The third kappa shape index (κ3) is 3.22. The van der Waals surface area contributed by atoms with Crippen LogP contribution in [0.1, 0.15) is 32.6 Å². The first-order valence-electron chi connectivity index (χ1n) is 6.74. The number of carboxylic acid groups (broad SMARTS) is 1. The van der Waals surface area contributed by atoms with Crippen molar-refractivity contribution < 1.29 is 19.4 Å². The van der Waals surface area contributed by atoms with Crippen molar-refractivity contribution in [3.05, 3.63) is 0 Å². The smallest absolute Gasteiger partial charge is 0.303 e. The van der Waals surface area contributed by atoms with Gasteiger partial charge in [0, 0.05) is 26.1 Å². The molecule has 2 fully saturated rings. The molecule has 2 atom stereocenters. The van der Waals surface area contributed by atoms with Crippen LogP contribution < -0.4 is 0 Å². The van der Waals surface area contributed by atoms with Gasteiger partial charge in [0.05, 0.1) is 12.0 Å². The summed E-state index contributed by atoms with van der Waals surface area (Å²) in [5, 5.41) is 8.74. The van der Waals surface area contributed by atoms with Crippen molar-refractivity contribution in [3.63, 3.8) is 0 Å². The maximum Gasteiger partial charge on any atom is 0.303 e. The number of rotatable bonds is 5. The van der Waals surface area contributed by atoms with Crippen LogP contribution in [0.25, 0.3) is 0 Å². The summed E-state index contributed by atoms with van der Waals surface area (Å²) in [6, 6.07) is 0. The Morgan fingerprint density at radius 3 is 2.56 bits per heavy atom. The summed E-state index contributed by atoms with van der Waals surface area (Å²) in [5.41, 5.74) is 0. The molecule has 18 heavy (non-hydrogen) atoms. The van der Waals surface area contributed by atoms with Crippen molar-refractivity contribution in [1.29, 1.82) is 0 Å². The Morgan fingerprint density at radius 1 is 1.33 bits per heavy atom. The van der Waals surface area contributed by atoms with Gasteiger partial charge < -0.3 is 14.7 Å². The number of hydrogen-bond donors (Lipinski definition) is 1. The molecule has 1 saturated carbocycles. The molecule has 5 nitrogen and oxygen atoms in total. The molecule has 0 radical (unpaired) electrons. The second kappa shape index (κ2) is 5.69. The molecule has 2 rings (SSSR count). The van der Waals surface area contributed by atoms with E-state index < -0.39 is 5.97 Å². The number of carboxylic acids is 1. The molecule has 1 N–H and O–H groups in total. The zero-order chi connectivity index (χ0) is 13.1. The van der Waals surface area contributed by atoms with E-state index in [1.807, 2.05) is 11.8 Å². The van der Waals surface area contributed by atoms with Gasteiger partial charge in [0.2, 0.25) is 5.91 Å². The van der Waals surface area contributed by atoms with Crippen molar-refractivity contribution in [2.45, 2.75) is 38.7 Å². The molecule has 1 aliphatic heterocycles. The van der Waals surface area contributed by atoms with E-state index in [1.165, 1.54) is 0 Å². The number of hydrogen-bond acceptors (Lipinski definition) is 3. The monoisotopic (exact) mass is 255 g/mol. The van der Waals surface area contributed by atoms with Gasteiger partial charge in [0.25, 0.3) is 0 Å². The Morgan fingerprint density at radius 2 is 2.00 bits per heavy atom. The molecule has 2 aliphatic rings. The highest BCUT2D eigenvalue weighted by molar-refractivity contribution is 5.82. The number of nitrogens with zero attached hydrogens (tertiary/aromatic N) is 1. The quantitative estimate of drug-likeness (QED) is 0.799. The second-order valence-electron chi connectivity index (χ2n) is 5.20. The number of ether oxygens (including phenoxy) is 1. The van der Waals surface area contributed by atoms with E-state index in [1.54, 1.807) is 0 Å². The van der Waals surface area contributed by atoms with E-state index in [2.05, 4.69) is 0 Å². The summed E-state index contributed by atoms with van der Waals surface area (Å²) in [7, 11) is 0. The summed E-state index contributed by atoms with van der Waals surface area (Å²) in [5.74, 6) is -0.255. The number of carbonyl (C=O) groups excluding carboxylic acids is 1. The molecule has 1 amide bonds. The van der Waals surface area contributed by atoms with Gasteiger partial charge in [-0.3, -0.25) is 9.59 Å². The molecule has 102 valence electrons. The highest BCUT2D eigenvalue weighted by atomic mass is 16.5. The van der Waals surface area contributed by atoms with Crippen LogP contribution in [0.4, 0.5) is 0 Å². The third-order valence-corrected chi connectivity index (χ3v) is 3.82. The molecule has 1 aliphatic carbocycles. The molecule has 0 aromatic rings. The molecule has 1 saturated heterocycles. The standard InChI is InChI=1S/C13H21NO4/c1-2-18-11-8-10(11)13(17)14-5-3-9(4-6-14)7-12(15)16/h9-11H,2-8H2,1H3,(H,15,16)/t10-,11-/m0/s1. The van der Waals surface area contributed by atoms with Gasteiger partial charge in [0.1, 0.15) is 0 Å². The van der Waals surface area contributed by atoms with Crippen LogP contribution in [0, 0.1) is 11.8 Å². The van der Waals surface area contributed by atoms with Crippen LogP contribution in [0.15, 0.2) is 0 Å². The fourth-order valence-electron chi connectivity index (χ4n) is 2.67. The van der Waals surface area contributed by atoms with Crippen LogP contribution >= 0.6 is 0 Å². The Kier molecular flexibility index (Phi) is 4.22. The molecule has 0 bridgehead atoms. The SMILES string of the molecule is CCO[C@H]1C[C@@H]1C(=O)N1CCC(CC(=O)O)CC1. The Labute approximate surface area is 107 Å². The molecular weight excluding hydrogens is 234 g/mol. The summed E-state index contributed by atoms with van der Waals surface area (Å²) >= 11 is 0. The van der Waals surface area contributed by atoms with Crippen LogP contribution in [0.5, 0.6) is 0 Å². The molecule has 1 heterocycles. The van der Waals surface area contributed by atoms with E-state index in [4.69, 9.17) is 9.84 Å². The van der Waals surface area contributed by atoms with Crippen LogP contribution in [-0.4, -0.2) is 47.7 Å². The van der Waals surface area contributed by atoms with E-state index in [0.29, 0.717) is 19.7 Å². The lowest BCUT2D eigenvalue weighted by molar-refractivity contribution is -0.139. The average Bonchev–Trinajstić information content (AvgIpc) is 3.08. The highest BCUT2D eigenvalue weighted by Gasteiger charge is 2.46. The first kappa shape index (κ1) is 13.3. The summed E-state index contributed by atoms with van der Waals surface area (Å²) < 4.78 is 5.43. The van der Waals surface area contributed by atoms with Crippen molar-refractivity contribution >= 4 is 11.9 Å². The minimum absolute atomic E-state index is 0.0565. The molecule has 0 spiro atoms. The maximum absolute atomic E-state index is 12.1. The van der Waals surface area contributed by atoms with E-state index in [0.717, 1.165) is 19.3 Å². The highest BCUT2D eigenvalue weighted by Crippen LogP contribution is 2.36. The average molecular weight is 255 g/mol. The van der Waals surface area contributed by atoms with Gasteiger partial charge in [-0.25, -0.2) is 0 Å². The molecule has 0 unspecified atom stereocenters. The van der Waals surface area contributed by atoms with Crippen molar-refractivity contribution in [2.75, 3.05) is 19.7 Å². The summed E-state index contributed by atoms with van der Waals surface area (Å²) in [4.78, 5) is 24.6. The predicted molar refractivity (Wildman–Crippen MR) is 65.1 cm³/mol. The Bertz CT molecular complexity index is 323. The number of amides is 1. The van der Waals surface area contributed by atoms with Crippen LogP contribution in [0.2, 0.25) is 0 Å². The predicted octanol–water partition coefficient (Wildman–Crippen LogP) is 1.12. The zero-order valence-electron chi connectivity index (χ0n) is 10.8. The molecule has 5 heteroatoms. The number of likely N-dealkylation sites (tertiary alicyclic amines) is 1. The van der Waals surface area contributed by atoms with Crippen LogP contribution in [-0.2, 0) is 14.3 Å². The minimum atomic E-state index is -0.738.